The summed E-state index contributed by atoms with van der Waals surface area (Å²) in [5, 5.41) is 5.02. The first-order valence-electron chi connectivity index (χ1n) is 14.9. The molecule has 0 unspecified atom stereocenters. The third-order valence-electron chi connectivity index (χ3n) is 8.36. The van der Waals surface area contributed by atoms with Crippen LogP contribution in [0.15, 0.2) is 24.3 Å². The summed E-state index contributed by atoms with van der Waals surface area (Å²) in [7, 11) is 0. The van der Waals surface area contributed by atoms with Gasteiger partial charge in [-0.2, -0.15) is 31.3 Å². The predicted octanol–water partition coefficient (Wildman–Crippen LogP) is 6.72. The van der Waals surface area contributed by atoms with Gasteiger partial charge < -0.3 is 20.4 Å². The molecule has 2 saturated carbocycles. The molecule has 2 aromatic heterocycles. The fourth-order valence-electron chi connectivity index (χ4n) is 5.84. The number of hydrogen-bond acceptors (Lipinski definition) is 5. The molecule has 5 rings (SSSR count). The molecule has 2 aliphatic carbocycles. The number of fused-ring (bicyclic) bond motifs is 1. The number of rotatable bonds is 10. The van der Waals surface area contributed by atoms with Crippen molar-refractivity contribution in [2.75, 3.05) is 6.61 Å². The average molecular weight is 698 g/mol. The van der Waals surface area contributed by atoms with Crippen molar-refractivity contribution in [2.45, 2.75) is 82.2 Å². The van der Waals surface area contributed by atoms with Crippen molar-refractivity contribution < 1.29 is 58.2 Å². The Kier molecular flexibility index (Phi) is 9.83. The average Bonchev–Trinajstić information content (AvgIpc) is 3.37. The van der Waals surface area contributed by atoms with E-state index in [-0.39, 0.29) is 65.9 Å². The van der Waals surface area contributed by atoms with Crippen LogP contribution in [-0.2, 0) is 23.9 Å². The molecule has 3 aromatic rings. The minimum absolute atomic E-state index is 0.0216. The molecular weight excluding hydrogens is 668 g/mol. The highest BCUT2D eigenvalue weighted by Gasteiger charge is 2.48. The Hall–Kier alpha value is -4.12. The summed E-state index contributed by atoms with van der Waals surface area (Å²) in [6.07, 6.45) is -14.2. The number of benzene rings is 1. The molecule has 0 aliphatic heterocycles. The highest BCUT2D eigenvalue weighted by atomic mass is 19.4. The van der Waals surface area contributed by atoms with Crippen molar-refractivity contribution in [3.8, 4) is 5.88 Å². The topological polar surface area (TPSA) is 109 Å². The Morgan fingerprint density at radius 1 is 1.00 bits per heavy atom. The minimum atomic E-state index is -4.79. The van der Waals surface area contributed by atoms with Crippen molar-refractivity contribution in [1.82, 2.24) is 25.6 Å². The monoisotopic (exact) mass is 697 g/mol. The van der Waals surface area contributed by atoms with Gasteiger partial charge in [0.15, 0.2) is 12.3 Å². The zero-order valence-corrected chi connectivity index (χ0v) is 24.9. The number of pyridine rings is 1. The van der Waals surface area contributed by atoms with E-state index >= 15 is 0 Å². The summed E-state index contributed by atoms with van der Waals surface area (Å²) in [6.45, 7) is -1.39. The minimum Gasteiger partial charge on any atom is -0.471 e. The molecule has 0 saturated heterocycles. The van der Waals surface area contributed by atoms with E-state index in [1.165, 1.54) is 6.07 Å². The van der Waals surface area contributed by atoms with Crippen LogP contribution in [0.4, 0.5) is 43.9 Å². The third-order valence-corrected chi connectivity index (χ3v) is 8.36. The van der Waals surface area contributed by atoms with Gasteiger partial charge in [-0.05, 0) is 48.9 Å². The molecule has 2 amide bonds. The number of ether oxygens (including phenoxy) is 1. The molecule has 1 aromatic carbocycles. The van der Waals surface area contributed by atoms with E-state index in [1.54, 1.807) is 0 Å². The van der Waals surface area contributed by atoms with E-state index < -0.39 is 91.7 Å². The first-order valence-corrected chi connectivity index (χ1v) is 14.9. The highest BCUT2D eigenvalue weighted by Crippen LogP contribution is 2.42. The Morgan fingerprint density at radius 2 is 1.69 bits per heavy atom. The van der Waals surface area contributed by atoms with Gasteiger partial charge in [0, 0.05) is 37.8 Å². The molecule has 48 heavy (non-hydrogen) atoms. The molecule has 0 spiro atoms. The second kappa shape index (κ2) is 13.4. The van der Waals surface area contributed by atoms with Crippen LogP contribution < -0.4 is 15.4 Å². The Balaban J connectivity index is 1.36. The molecular formula is C30H29F10N5O3. The number of nitrogens with one attached hydrogen (secondary N) is 3. The summed E-state index contributed by atoms with van der Waals surface area (Å²) in [5.74, 6) is -7.46. The number of amides is 2. The summed E-state index contributed by atoms with van der Waals surface area (Å²) < 4.78 is 138. The first kappa shape index (κ1) is 35.2. The van der Waals surface area contributed by atoms with E-state index in [0.717, 1.165) is 18.2 Å². The summed E-state index contributed by atoms with van der Waals surface area (Å²) in [5.41, 5.74) is -1.52. The highest BCUT2D eigenvalue weighted by molar-refractivity contribution is 5.99. The number of carbonyl (C=O) groups excluding carboxylic acids is 2. The molecule has 2 fully saturated rings. The van der Waals surface area contributed by atoms with E-state index in [9.17, 15) is 53.5 Å². The lowest BCUT2D eigenvalue weighted by molar-refractivity contribution is -0.182. The maximum absolute atomic E-state index is 13.9. The van der Waals surface area contributed by atoms with Gasteiger partial charge in [-0.1, -0.05) is 12.1 Å². The molecule has 2 heterocycles. The van der Waals surface area contributed by atoms with Gasteiger partial charge in [0.05, 0.1) is 17.0 Å². The van der Waals surface area contributed by atoms with Gasteiger partial charge in [-0.15, -0.1) is 0 Å². The molecule has 262 valence electrons. The Bertz CT molecular complexity index is 1640. The van der Waals surface area contributed by atoms with Crippen LogP contribution in [0.5, 0.6) is 5.88 Å². The number of nitrogens with zero attached hydrogens (tertiary/aromatic N) is 2. The van der Waals surface area contributed by atoms with Crippen LogP contribution in [0.2, 0.25) is 0 Å². The molecule has 18 heteroatoms. The molecule has 0 atom stereocenters. The lowest BCUT2D eigenvalue weighted by Gasteiger charge is -2.33. The number of aromatic nitrogens is 3. The zero-order valence-electron chi connectivity index (χ0n) is 24.9. The van der Waals surface area contributed by atoms with E-state index in [0.29, 0.717) is 0 Å². The first-order chi connectivity index (χ1) is 22.4. The fraction of sp³-hybridized carbons (Fsp3) is 0.533. The van der Waals surface area contributed by atoms with Crippen molar-refractivity contribution in [3.63, 3.8) is 0 Å². The van der Waals surface area contributed by atoms with E-state index in [4.69, 9.17) is 4.74 Å². The summed E-state index contributed by atoms with van der Waals surface area (Å²) in [4.78, 5) is 36.2. The number of alkyl halides is 10. The molecule has 2 aliphatic rings. The van der Waals surface area contributed by atoms with E-state index in [2.05, 4.69) is 25.6 Å². The smallest absolute Gasteiger partial charge is 0.416 e. The van der Waals surface area contributed by atoms with Crippen LogP contribution in [0.3, 0.4) is 0 Å². The third kappa shape index (κ3) is 8.47. The number of halogens is 10. The van der Waals surface area contributed by atoms with Crippen molar-refractivity contribution in [2.24, 2.45) is 11.8 Å². The van der Waals surface area contributed by atoms with Gasteiger partial charge in [0.2, 0.25) is 17.7 Å². The van der Waals surface area contributed by atoms with Crippen molar-refractivity contribution >= 4 is 23.0 Å². The maximum atomic E-state index is 13.9. The van der Waals surface area contributed by atoms with Gasteiger partial charge in [0.25, 0.3) is 12.3 Å². The van der Waals surface area contributed by atoms with Crippen LogP contribution in [0, 0.1) is 11.8 Å². The SMILES string of the molecule is O=C(NC1CCC(C(F)(F)F)CC1)c1cc2[nH]c(Cc3cc(CNC(=O)C4CC(F)(F)C4)ccc3C(F)(F)F)nc2nc1OCC(F)F. The van der Waals surface area contributed by atoms with Crippen LogP contribution >= 0.6 is 0 Å². The molecule has 0 radical (unpaired) electrons. The second-order valence-electron chi connectivity index (χ2n) is 12.0. The number of imidazole rings is 1. The van der Waals surface area contributed by atoms with E-state index in [1.807, 2.05) is 0 Å². The zero-order chi connectivity index (χ0) is 35.0. The largest absolute Gasteiger partial charge is 0.471 e. The molecule has 0 bridgehead atoms. The van der Waals surface area contributed by atoms with Crippen LogP contribution in [0.1, 0.15) is 71.4 Å². The molecule has 8 nitrogen and oxygen atoms in total. The van der Waals surface area contributed by atoms with Gasteiger partial charge in [-0.25, -0.2) is 22.5 Å². The quantitative estimate of drug-likeness (QED) is 0.204. The summed E-state index contributed by atoms with van der Waals surface area (Å²) >= 11 is 0. The van der Waals surface area contributed by atoms with Crippen molar-refractivity contribution in [1.29, 1.82) is 0 Å². The molecule has 3 N–H and O–H groups in total. The number of carbonyl (C=O) groups is 2. The van der Waals surface area contributed by atoms with Crippen LogP contribution in [-0.4, -0.2) is 57.9 Å². The number of aromatic amines is 1. The maximum Gasteiger partial charge on any atom is 0.416 e. The Morgan fingerprint density at radius 3 is 2.29 bits per heavy atom. The fourth-order valence-corrected chi connectivity index (χ4v) is 5.84. The van der Waals surface area contributed by atoms with Gasteiger partial charge in [-0.3, -0.25) is 9.59 Å². The predicted molar refractivity (Wildman–Crippen MR) is 148 cm³/mol. The second-order valence-corrected chi connectivity index (χ2v) is 12.0. The van der Waals surface area contributed by atoms with Crippen molar-refractivity contribution in [3.05, 3.63) is 52.3 Å². The normalized spacial score (nSPS) is 20.1. The summed E-state index contributed by atoms with van der Waals surface area (Å²) in [6, 6.07) is 3.62. The lowest BCUT2D eigenvalue weighted by atomic mass is 9.81. The standard InChI is InChI=1S/C30H29F10N5O3/c31-22(32)13-48-27-19(26(47)42-18-4-2-17(3-5-18)29(35,36)37)9-21-24(45-27)44-23(43-21)8-15-7-14(1-6-20(15)30(38,39)40)12-41-25(46)16-10-28(33,34)11-16/h1,6-7,9,16-18,22H,2-5,8,10-13H2,(H,41,46)(H,42,47)(H,43,44,45). The Labute approximate surface area is 266 Å². The number of H-pyrrole nitrogens is 1. The van der Waals surface area contributed by atoms with Gasteiger partial charge >= 0.3 is 12.4 Å². The van der Waals surface area contributed by atoms with Crippen LogP contribution in [0.25, 0.3) is 11.2 Å². The number of hydrogen-bond donors (Lipinski definition) is 3. The lowest BCUT2D eigenvalue weighted by Crippen LogP contribution is -2.44. The van der Waals surface area contributed by atoms with Gasteiger partial charge in [0.1, 0.15) is 11.4 Å².